The number of aliphatic carboxylic acids is 1. The number of hydrogen-bond acceptors (Lipinski definition) is 3. The minimum atomic E-state index is -1.24. The van der Waals surface area contributed by atoms with E-state index in [0.717, 1.165) is 5.56 Å². The first-order valence-corrected chi connectivity index (χ1v) is 3.67. The molecule has 4 nitrogen and oxygen atoms in total. The van der Waals surface area contributed by atoms with E-state index < -0.39 is 5.97 Å². The molecule has 0 aliphatic rings. The van der Waals surface area contributed by atoms with Crippen LogP contribution in [0.5, 0.6) is 0 Å². The molecular weight excluding hydrogens is 170 g/mol. The topological polar surface area (TPSA) is 69.9 Å². The molecule has 1 aromatic carbocycles. The van der Waals surface area contributed by atoms with Crippen molar-refractivity contribution in [2.75, 3.05) is 0 Å². The van der Waals surface area contributed by atoms with Crippen LogP contribution in [0.2, 0.25) is 0 Å². The zero-order chi connectivity index (χ0) is 9.84. The van der Waals surface area contributed by atoms with E-state index in [2.05, 4.69) is 5.16 Å². The molecule has 0 aromatic heterocycles. The standard InChI is InChI=1S/C9H9NO3/c1-6-3-2-4-7(5-6)8(10-13)9(11)12/h2-5,13H,1H3,(H,11,12). The summed E-state index contributed by atoms with van der Waals surface area (Å²) in [4.78, 5) is 10.6. The van der Waals surface area contributed by atoms with Gasteiger partial charge in [0.1, 0.15) is 0 Å². The van der Waals surface area contributed by atoms with Crippen molar-refractivity contribution in [3.8, 4) is 0 Å². The Hall–Kier alpha value is -1.84. The van der Waals surface area contributed by atoms with Gasteiger partial charge < -0.3 is 10.3 Å². The van der Waals surface area contributed by atoms with Crippen molar-refractivity contribution >= 4 is 11.7 Å². The summed E-state index contributed by atoms with van der Waals surface area (Å²) in [7, 11) is 0. The molecule has 0 heterocycles. The molecule has 2 N–H and O–H groups in total. The van der Waals surface area contributed by atoms with Gasteiger partial charge in [0.25, 0.3) is 0 Å². The van der Waals surface area contributed by atoms with Crippen LogP contribution >= 0.6 is 0 Å². The Morgan fingerprint density at radius 1 is 1.46 bits per heavy atom. The van der Waals surface area contributed by atoms with E-state index >= 15 is 0 Å². The lowest BCUT2D eigenvalue weighted by Crippen LogP contribution is -2.14. The molecule has 4 heteroatoms. The van der Waals surface area contributed by atoms with Crippen LogP contribution in [0, 0.1) is 6.92 Å². The fourth-order valence-electron chi connectivity index (χ4n) is 1.02. The smallest absolute Gasteiger partial charge is 0.358 e. The van der Waals surface area contributed by atoms with Gasteiger partial charge in [-0.05, 0) is 13.0 Å². The minimum absolute atomic E-state index is 0.344. The second-order valence-corrected chi connectivity index (χ2v) is 2.62. The van der Waals surface area contributed by atoms with Crippen molar-refractivity contribution in [2.45, 2.75) is 6.92 Å². The van der Waals surface area contributed by atoms with Gasteiger partial charge in [-0.3, -0.25) is 0 Å². The van der Waals surface area contributed by atoms with E-state index in [1.165, 1.54) is 0 Å². The van der Waals surface area contributed by atoms with Crippen LogP contribution < -0.4 is 0 Å². The zero-order valence-corrected chi connectivity index (χ0v) is 7.06. The van der Waals surface area contributed by atoms with Gasteiger partial charge in [-0.25, -0.2) is 4.79 Å². The molecule has 0 spiro atoms. The van der Waals surface area contributed by atoms with Gasteiger partial charge in [0.15, 0.2) is 5.71 Å². The normalized spacial score (nSPS) is 11.3. The predicted octanol–water partition coefficient (Wildman–Crippen LogP) is 1.26. The number of rotatable bonds is 2. The van der Waals surface area contributed by atoms with Crippen LogP contribution in [0.1, 0.15) is 11.1 Å². The lowest BCUT2D eigenvalue weighted by Gasteiger charge is -1.99. The third-order valence-corrected chi connectivity index (χ3v) is 1.59. The highest BCUT2D eigenvalue weighted by molar-refractivity contribution is 6.42. The van der Waals surface area contributed by atoms with Crippen LogP contribution in [0.3, 0.4) is 0 Å². The van der Waals surface area contributed by atoms with E-state index in [9.17, 15) is 4.79 Å². The molecule has 1 aromatic rings. The van der Waals surface area contributed by atoms with E-state index in [4.69, 9.17) is 10.3 Å². The Balaban J connectivity index is 3.14. The highest BCUT2D eigenvalue weighted by Gasteiger charge is 2.12. The molecule has 1 rings (SSSR count). The molecule has 0 aliphatic carbocycles. The highest BCUT2D eigenvalue weighted by Crippen LogP contribution is 2.05. The van der Waals surface area contributed by atoms with Gasteiger partial charge in [0.2, 0.25) is 0 Å². The number of carboxylic acid groups (broad SMARTS) is 1. The van der Waals surface area contributed by atoms with Gasteiger partial charge in [-0.2, -0.15) is 0 Å². The van der Waals surface area contributed by atoms with Gasteiger partial charge >= 0.3 is 5.97 Å². The van der Waals surface area contributed by atoms with Crippen molar-refractivity contribution in [2.24, 2.45) is 5.16 Å². The summed E-state index contributed by atoms with van der Waals surface area (Å²) in [5, 5.41) is 19.8. The van der Waals surface area contributed by atoms with Crippen molar-refractivity contribution < 1.29 is 15.1 Å². The highest BCUT2D eigenvalue weighted by atomic mass is 16.4. The summed E-state index contributed by atoms with van der Waals surface area (Å²) >= 11 is 0. The number of aryl methyl sites for hydroxylation is 1. The SMILES string of the molecule is Cc1cccc(C(=NO)C(=O)O)c1. The number of carboxylic acids is 1. The van der Waals surface area contributed by atoms with E-state index in [1.54, 1.807) is 18.2 Å². The summed E-state index contributed by atoms with van der Waals surface area (Å²) < 4.78 is 0. The molecule has 0 radical (unpaired) electrons. The molecule has 0 saturated heterocycles. The van der Waals surface area contributed by atoms with Crippen LogP contribution in [0.25, 0.3) is 0 Å². The molecule has 13 heavy (non-hydrogen) atoms. The van der Waals surface area contributed by atoms with Crippen molar-refractivity contribution in [1.82, 2.24) is 0 Å². The number of benzene rings is 1. The van der Waals surface area contributed by atoms with Crippen LogP contribution in [0.15, 0.2) is 29.4 Å². The number of hydrogen-bond donors (Lipinski definition) is 2. The fraction of sp³-hybridized carbons (Fsp3) is 0.111. The molecule has 0 atom stereocenters. The Morgan fingerprint density at radius 3 is 2.62 bits per heavy atom. The van der Waals surface area contributed by atoms with Gasteiger partial charge in [0, 0.05) is 5.56 Å². The van der Waals surface area contributed by atoms with E-state index in [1.807, 2.05) is 13.0 Å². The lowest BCUT2D eigenvalue weighted by molar-refractivity contribution is -0.129. The predicted molar refractivity (Wildman–Crippen MR) is 47.1 cm³/mol. The second kappa shape index (κ2) is 3.71. The maximum Gasteiger partial charge on any atom is 0.358 e. The van der Waals surface area contributed by atoms with Gasteiger partial charge in [-0.1, -0.05) is 28.9 Å². The molecular formula is C9H9NO3. The zero-order valence-electron chi connectivity index (χ0n) is 7.06. The van der Waals surface area contributed by atoms with Crippen molar-refractivity contribution in [1.29, 1.82) is 0 Å². The van der Waals surface area contributed by atoms with Crippen molar-refractivity contribution in [3.63, 3.8) is 0 Å². The second-order valence-electron chi connectivity index (χ2n) is 2.62. The summed E-state index contributed by atoms with van der Waals surface area (Å²) in [5.74, 6) is -1.24. The first-order chi connectivity index (χ1) is 6.15. The van der Waals surface area contributed by atoms with E-state index in [-0.39, 0.29) is 5.71 Å². The first-order valence-electron chi connectivity index (χ1n) is 3.67. The average Bonchev–Trinajstić information content (AvgIpc) is 2.04. The van der Waals surface area contributed by atoms with Crippen LogP contribution in [-0.4, -0.2) is 22.0 Å². The monoisotopic (exact) mass is 179 g/mol. The average molecular weight is 179 g/mol. The van der Waals surface area contributed by atoms with Crippen LogP contribution in [-0.2, 0) is 4.79 Å². The number of nitrogens with zero attached hydrogens (tertiary/aromatic N) is 1. The quantitative estimate of drug-likeness (QED) is 0.408. The third kappa shape index (κ3) is 2.05. The summed E-state index contributed by atoms with van der Waals surface area (Å²) in [6.45, 7) is 1.83. The first kappa shape index (κ1) is 9.25. The molecule has 0 fully saturated rings. The van der Waals surface area contributed by atoms with Gasteiger partial charge in [0.05, 0.1) is 0 Å². The third-order valence-electron chi connectivity index (χ3n) is 1.59. The number of oxime groups is 1. The Bertz CT molecular complexity index is 358. The maximum atomic E-state index is 10.6. The molecule has 0 amide bonds. The number of carbonyl (C=O) groups is 1. The minimum Gasteiger partial charge on any atom is -0.476 e. The Kier molecular flexibility index (Phi) is 2.64. The van der Waals surface area contributed by atoms with Gasteiger partial charge in [-0.15, -0.1) is 0 Å². The molecule has 0 unspecified atom stereocenters. The molecule has 68 valence electrons. The van der Waals surface area contributed by atoms with Crippen molar-refractivity contribution in [3.05, 3.63) is 35.4 Å². The summed E-state index contributed by atoms with van der Waals surface area (Å²) in [5.41, 5.74) is 0.971. The lowest BCUT2D eigenvalue weighted by atomic mass is 10.1. The Labute approximate surface area is 75.1 Å². The molecule has 0 aliphatic heterocycles. The fourth-order valence-corrected chi connectivity index (χ4v) is 1.02. The van der Waals surface area contributed by atoms with Crippen LogP contribution in [0.4, 0.5) is 0 Å². The Morgan fingerprint density at radius 2 is 2.15 bits per heavy atom. The summed E-state index contributed by atoms with van der Waals surface area (Å²) in [6.07, 6.45) is 0. The van der Waals surface area contributed by atoms with E-state index in [0.29, 0.717) is 5.56 Å². The molecule has 0 saturated carbocycles. The maximum absolute atomic E-state index is 10.6. The molecule has 0 bridgehead atoms. The largest absolute Gasteiger partial charge is 0.476 e. The summed E-state index contributed by atoms with van der Waals surface area (Å²) in [6, 6.07) is 6.76.